The SMILES string of the molecule is O=C1C(Cc2c[nH]c3ccccc23)NC(=O)C2(CCN(Cc3ccccc3)CC2)N1Cc1ccco1. The summed E-state index contributed by atoms with van der Waals surface area (Å²) in [6.45, 7) is 2.63. The number of piperazine rings is 1. The molecule has 2 aliphatic heterocycles. The minimum atomic E-state index is -0.867. The molecule has 0 aliphatic carbocycles. The van der Waals surface area contributed by atoms with E-state index in [4.69, 9.17) is 4.42 Å². The van der Waals surface area contributed by atoms with Crippen molar-refractivity contribution in [2.75, 3.05) is 13.1 Å². The quantitative estimate of drug-likeness (QED) is 0.437. The fraction of sp³-hybridized carbons (Fsp3) is 0.310. The standard InChI is InChI=1S/C29H30N4O3/c34-27-26(17-22-18-30-25-11-5-4-10-24(22)25)31-28(35)29(33(27)20-23-9-6-16-36-23)12-14-32(15-13-29)19-21-7-2-1-3-8-21/h1-11,16,18,26,30H,12-15,17,19-20H2,(H,31,35). The number of likely N-dealkylation sites (tertiary alicyclic amines) is 1. The maximum Gasteiger partial charge on any atom is 0.246 e. The highest BCUT2D eigenvalue weighted by Crippen LogP contribution is 2.35. The van der Waals surface area contributed by atoms with Crippen molar-refractivity contribution in [3.05, 3.63) is 96.1 Å². The number of hydrogen-bond donors (Lipinski definition) is 2. The number of H-pyrrole nitrogens is 1. The van der Waals surface area contributed by atoms with Gasteiger partial charge in [-0.1, -0.05) is 48.5 Å². The zero-order valence-electron chi connectivity index (χ0n) is 20.2. The topological polar surface area (TPSA) is 81.6 Å². The van der Waals surface area contributed by atoms with E-state index in [1.807, 2.05) is 60.8 Å². The van der Waals surface area contributed by atoms with Crippen LogP contribution in [0.15, 0.2) is 83.6 Å². The van der Waals surface area contributed by atoms with Crippen LogP contribution in [-0.4, -0.2) is 51.3 Å². The van der Waals surface area contributed by atoms with Crippen LogP contribution < -0.4 is 5.32 Å². The van der Waals surface area contributed by atoms with Crippen molar-refractivity contribution in [2.24, 2.45) is 0 Å². The molecule has 2 aromatic heterocycles. The first-order valence-corrected chi connectivity index (χ1v) is 12.6. The number of piperidine rings is 1. The minimum Gasteiger partial charge on any atom is -0.467 e. The largest absolute Gasteiger partial charge is 0.467 e. The summed E-state index contributed by atoms with van der Waals surface area (Å²) in [7, 11) is 0. The van der Waals surface area contributed by atoms with Crippen molar-refractivity contribution >= 4 is 22.7 Å². The first kappa shape index (κ1) is 22.6. The van der Waals surface area contributed by atoms with Crippen molar-refractivity contribution in [3.63, 3.8) is 0 Å². The van der Waals surface area contributed by atoms with E-state index in [1.54, 1.807) is 11.2 Å². The first-order valence-electron chi connectivity index (χ1n) is 12.6. The lowest BCUT2D eigenvalue weighted by molar-refractivity contribution is -0.162. The molecule has 1 unspecified atom stereocenters. The lowest BCUT2D eigenvalue weighted by Crippen LogP contribution is -2.72. The maximum absolute atomic E-state index is 14.0. The van der Waals surface area contributed by atoms with Crippen LogP contribution in [0, 0.1) is 0 Å². The van der Waals surface area contributed by atoms with Crippen molar-refractivity contribution < 1.29 is 14.0 Å². The highest BCUT2D eigenvalue weighted by Gasteiger charge is 2.53. The molecule has 1 spiro atoms. The Labute approximate surface area is 210 Å². The number of para-hydroxylation sites is 1. The molecule has 7 nitrogen and oxygen atoms in total. The molecule has 1 atom stereocenters. The third-order valence-electron chi connectivity index (χ3n) is 7.73. The van der Waals surface area contributed by atoms with Gasteiger partial charge in [-0.25, -0.2) is 0 Å². The molecule has 184 valence electrons. The van der Waals surface area contributed by atoms with Gasteiger partial charge in [0.2, 0.25) is 11.8 Å². The number of amides is 2. The van der Waals surface area contributed by atoms with Crippen LogP contribution in [0.1, 0.15) is 29.7 Å². The van der Waals surface area contributed by atoms with E-state index in [9.17, 15) is 9.59 Å². The number of rotatable bonds is 6. The average molecular weight is 483 g/mol. The number of fused-ring (bicyclic) bond motifs is 1. The van der Waals surface area contributed by atoms with E-state index in [-0.39, 0.29) is 11.8 Å². The second-order valence-electron chi connectivity index (χ2n) is 9.89. The summed E-state index contributed by atoms with van der Waals surface area (Å²) < 4.78 is 5.61. The summed E-state index contributed by atoms with van der Waals surface area (Å²) in [5, 5.41) is 4.19. The summed E-state index contributed by atoms with van der Waals surface area (Å²) in [4.78, 5) is 35.1. The average Bonchev–Trinajstić information content (AvgIpc) is 3.57. The van der Waals surface area contributed by atoms with E-state index >= 15 is 0 Å². The van der Waals surface area contributed by atoms with Gasteiger partial charge in [-0.2, -0.15) is 0 Å². The summed E-state index contributed by atoms with van der Waals surface area (Å²) in [6.07, 6.45) is 5.19. The van der Waals surface area contributed by atoms with Gasteiger partial charge in [0.25, 0.3) is 0 Å². The van der Waals surface area contributed by atoms with Gasteiger partial charge in [0.05, 0.1) is 12.8 Å². The number of furan rings is 1. The fourth-order valence-electron chi connectivity index (χ4n) is 5.74. The Morgan fingerprint density at radius 2 is 1.69 bits per heavy atom. The number of hydrogen-bond acceptors (Lipinski definition) is 4. The molecule has 4 heterocycles. The number of aromatic amines is 1. The highest BCUT2D eigenvalue weighted by molar-refractivity contribution is 6.00. The predicted octanol–water partition coefficient (Wildman–Crippen LogP) is 3.87. The summed E-state index contributed by atoms with van der Waals surface area (Å²) in [5.41, 5.74) is 2.44. The van der Waals surface area contributed by atoms with E-state index < -0.39 is 11.6 Å². The van der Waals surface area contributed by atoms with Crippen molar-refractivity contribution in [2.45, 2.75) is 43.9 Å². The lowest BCUT2D eigenvalue weighted by Gasteiger charge is -2.51. The van der Waals surface area contributed by atoms with Gasteiger partial charge in [0.15, 0.2) is 0 Å². The summed E-state index contributed by atoms with van der Waals surface area (Å²) >= 11 is 0. The van der Waals surface area contributed by atoms with Gasteiger partial charge in [0, 0.05) is 43.2 Å². The third-order valence-corrected chi connectivity index (χ3v) is 7.73. The minimum absolute atomic E-state index is 0.0483. The number of benzene rings is 2. The molecular weight excluding hydrogens is 452 g/mol. The van der Waals surface area contributed by atoms with E-state index in [1.165, 1.54) is 5.56 Å². The Morgan fingerprint density at radius 3 is 2.47 bits per heavy atom. The first-order chi connectivity index (χ1) is 17.6. The lowest BCUT2D eigenvalue weighted by atomic mass is 9.81. The molecule has 2 fully saturated rings. The number of nitrogens with zero attached hydrogens (tertiary/aromatic N) is 2. The van der Waals surface area contributed by atoms with Gasteiger partial charge in [-0.3, -0.25) is 14.5 Å². The van der Waals surface area contributed by atoms with Crippen molar-refractivity contribution in [1.82, 2.24) is 20.1 Å². The van der Waals surface area contributed by atoms with Crippen molar-refractivity contribution in [3.8, 4) is 0 Å². The third kappa shape index (κ3) is 4.09. The number of nitrogens with one attached hydrogen (secondary N) is 2. The number of carbonyl (C=O) groups is 2. The van der Waals surface area contributed by atoms with Gasteiger partial charge in [-0.15, -0.1) is 0 Å². The normalized spacial score (nSPS) is 20.2. The second-order valence-corrected chi connectivity index (χ2v) is 9.89. The Kier molecular flexibility index (Phi) is 5.85. The summed E-state index contributed by atoms with van der Waals surface area (Å²) in [5.74, 6) is 0.584. The van der Waals surface area contributed by atoms with Crippen LogP contribution in [0.4, 0.5) is 0 Å². The monoisotopic (exact) mass is 482 g/mol. The molecular formula is C29H30N4O3. The van der Waals surface area contributed by atoms with Gasteiger partial charge in [-0.05, 0) is 42.2 Å². The smallest absolute Gasteiger partial charge is 0.246 e. The zero-order chi connectivity index (χ0) is 24.5. The van der Waals surface area contributed by atoms with Crippen LogP contribution in [0.5, 0.6) is 0 Å². The van der Waals surface area contributed by atoms with Crippen LogP contribution in [0.25, 0.3) is 10.9 Å². The fourth-order valence-corrected chi connectivity index (χ4v) is 5.74. The van der Waals surface area contributed by atoms with Gasteiger partial charge < -0.3 is 19.6 Å². The Balaban J connectivity index is 1.25. The molecule has 0 saturated carbocycles. The highest BCUT2D eigenvalue weighted by atomic mass is 16.3. The van der Waals surface area contributed by atoms with E-state index in [0.29, 0.717) is 31.6 Å². The maximum atomic E-state index is 14.0. The Hall–Kier alpha value is -3.84. The zero-order valence-corrected chi connectivity index (χ0v) is 20.2. The molecule has 2 N–H and O–H groups in total. The van der Waals surface area contributed by atoms with Crippen LogP contribution in [0.3, 0.4) is 0 Å². The molecule has 7 heteroatoms. The van der Waals surface area contributed by atoms with E-state index in [0.717, 1.165) is 36.1 Å². The molecule has 0 radical (unpaired) electrons. The van der Waals surface area contributed by atoms with Crippen LogP contribution in [0.2, 0.25) is 0 Å². The molecule has 36 heavy (non-hydrogen) atoms. The molecule has 2 amide bonds. The van der Waals surface area contributed by atoms with Gasteiger partial charge >= 0.3 is 0 Å². The second kappa shape index (κ2) is 9.32. The molecule has 2 aromatic carbocycles. The molecule has 2 aliphatic rings. The van der Waals surface area contributed by atoms with Crippen molar-refractivity contribution in [1.29, 1.82) is 0 Å². The molecule has 0 bridgehead atoms. The number of carbonyl (C=O) groups excluding carboxylic acids is 2. The van der Waals surface area contributed by atoms with E-state index in [2.05, 4.69) is 27.3 Å². The van der Waals surface area contributed by atoms with Crippen LogP contribution in [-0.2, 0) is 29.1 Å². The van der Waals surface area contributed by atoms with Gasteiger partial charge in [0.1, 0.15) is 17.3 Å². The Bertz CT molecular complexity index is 1350. The summed E-state index contributed by atoms with van der Waals surface area (Å²) in [6, 6.07) is 21.5. The van der Waals surface area contributed by atoms with Crippen LogP contribution >= 0.6 is 0 Å². The molecule has 4 aromatic rings. The Morgan fingerprint density at radius 1 is 0.917 bits per heavy atom. The molecule has 2 saturated heterocycles. The number of aromatic nitrogens is 1. The predicted molar refractivity (Wildman–Crippen MR) is 137 cm³/mol. The molecule has 6 rings (SSSR count).